The highest BCUT2D eigenvalue weighted by atomic mass is 15.3. The van der Waals surface area contributed by atoms with Gasteiger partial charge in [0, 0.05) is 50.6 Å². The molecule has 4 aliphatic heterocycles. The molecule has 0 saturated heterocycles. The molecule has 4 atom stereocenters. The zero-order valence-corrected chi connectivity index (χ0v) is 46.0. The van der Waals surface area contributed by atoms with Crippen LogP contribution in [0.5, 0.6) is 0 Å². The summed E-state index contributed by atoms with van der Waals surface area (Å²) in [5, 5.41) is 0. The van der Waals surface area contributed by atoms with Gasteiger partial charge in [-0.15, -0.1) is 0 Å². The van der Waals surface area contributed by atoms with Gasteiger partial charge in [0.1, 0.15) is 0 Å². The molecule has 0 amide bonds. The SMILES string of the molecule is CC(C)(C)c1ccc(N2c3ccc(C(C)(C)C)cc3B3c4cc(C(C)(C)C)cc5c4N(c4cc(N6c7ccc(C(C)(C)C)cc7C7(c8ccccc8)CCCCC67C)cc2c43)C2(C)CCCCC52C)cc1. The summed E-state index contributed by atoms with van der Waals surface area (Å²) in [6, 6.07) is 47.3. The van der Waals surface area contributed by atoms with Crippen LogP contribution in [0.1, 0.15) is 194 Å². The van der Waals surface area contributed by atoms with Gasteiger partial charge in [0.05, 0.1) is 11.1 Å². The van der Waals surface area contributed by atoms with E-state index in [-0.39, 0.29) is 50.3 Å². The average molecular weight is 938 g/mol. The van der Waals surface area contributed by atoms with Gasteiger partial charge in [0.2, 0.25) is 0 Å². The van der Waals surface area contributed by atoms with E-state index in [0.29, 0.717) is 0 Å². The van der Waals surface area contributed by atoms with Crippen LogP contribution >= 0.6 is 0 Å². The molecule has 0 N–H and O–H groups in total. The molecule has 3 nitrogen and oxygen atoms in total. The van der Waals surface area contributed by atoms with Crippen LogP contribution < -0.4 is 31.1 Å². The number of benzene rings is 6. The molecule has 6 aliphatic rings. The minimum atomic E-state index is -0.215. The van der Waals surface area contributed by atoms with Gasteiger partial charge in [-0.1, -0.05) is 195 Å². The van der Waals surface area contributed by atoms with E-state index in [9.17, 15) is 0 Å². The van der Waals surface area contributed by atoms with E-state index >= 15 is 0 Å². The quantitative estimate of drug-likeness (QED) is 0.164. The first-order valence-corrected chi connectivity index (χ1v) is 27.6. The van der Waals surface area contributed by atoms with Gasteiger partial charge in [-0.3, -0.25) is 0 Å². The number of rotatable bonds is 3. The van der Waals surface area contributed by atoms with Crippen molar-refractivity contribution in [2.45, 2.75) is 199 Å². The zero-order chi connectivity index (χ0) is 50.2. The maximum atomic E-state index is 2.97. The molecule has 2 aliphatic carbocycles. The maximum absolute atomic E-state index is 2.97. The molecule has 2 saturated carbocycles. The van der Waals surface area contributed by atoms with Crippen LogP contribution in [0.15, 0.2) is 115 Å². The van der Waals surface area contributed by atoms with E-state index in [2.05, 4.69) is 234 Å². The Morgan fingerprint density at radius 2 is 0.958 bits per heavy atom. The number of anilines is 7. The van der Waals surface area contributed by atoms with Crippen molar-refractivity contribution in [3.8, 4) is 0 Å². The molecule has 366 valence electrons. The second kappa shape index (κ2) is 14.9. The van der Waals surface area contributed by atoms with Crippen LogP contribution in [-0.2, 0) is 32.5 Å². The fourth-order valence-corrected chi connectivity index (χ4v) is 15.4. The van der Waals surface area contributed by atoms with Crippen LogP contribution in [0.25, 0.3) is 0 Å². The molecule has 6 aromatic carbocycles. The first kappa shape index (κ1) is 46.8. The second-order valence-corrected chi connectivity index (χ2v) is 27.9. The molecule has 0 bridgehead atoms. The molecule has 4 heterocycles. The molecular formula is C67H80BN3. The highest BCUT2D eigenvalue weighted by molar-refractivity contribution is 7.00. The Bertz CT molecular complexity index is 3150. The van der Waals surface area contributed by atoms with E-state index in [0.717, 1.165) is 12.8 Å². The highest BCUT2D eigenvalue weighted by Gasteiger charge is 2.64. The molecule has 4 unspecified atom stereocenters. The summed E-state index contributed by atoms with van der Waals surface area (Å²) in [6.45, 7) is 36.7. The van der Waals surface area contributed by atoms with Crippen molar-refractivity contribution in [1.29, 1.82) is 0 Å². The number of nitrogens with zero attached hydrogens (tertiary/aromatic N) is 3. The smallest absolute Gasteiger partial charge is 0.252 e. The molecule has 4 heteroatoms. The summed E-state index contributed by atoms with van der Waals surface area (Å²) >= 11 is 0. The van der Waals surface area contributed by atoms with Crippen LogP contribution in [0.3, 0.4) is 0 Å². The largest absolute Gasteiger partial charge is 0.335 e. The van der Waals surface area contributed by atoms with Gasteiger partial charge < -0.3 is 14.7 Å². The van der Waals surface area contributed by atoms with E-state index in [1.165, 1.54) is 128 Å². The molecule has 0 spiro atoms. The first-order chi connectivity index (χ1) is 33.3. The third-order valence-electron chi connectivity index (χ3n) is 19.7. The highest BCUT2D eigenvalue weighted by Crippen LogP contribution is 2.66. The Morgan fingerprint density at radius 3 is 1.61 bits per heavy atom. The molecule has 0 radical (unpaired) electrons. The van der Waals surface area contributed by atoms with Crippen molar-refractivity contribution in [2.24, 2.45) is 0 Å². The molecule has 6 aromatic rings. The lowest BCUT2D eigenvalue weighted by Crippen LogP contribution is -2.65. The fraction of sp³-hybridized carbons (Fsp3) is 0.463. The number of hydrogen-bond acceptors (Lipinski definition) is 3. The van der Waals surface area contributed by atoms with E-state index in [1.54, 1.807) is 5.56 Å². The Morgan fingerprint density at radius 1 is 0.423 bits per heavy atom. The summed E-state index contributed by atoms with van der Waals surface area (Å²) in [5.41, 5.74) is 23.6. The van der Waals surface area contributed by atoms with Crippen molar-refractivity contribution in [1.82, 2.24) is 0 Å². The third-order valence-corrected chi connectivity index (χ3v) is 19.7. The Hall–Kier alpha value is -5.22. The second-order valence-electron chi connectivity index (χ2n) is 27.9. The Kier molecular flexibility index (Phi) is 9.86. The van der Waals surface area contributed by atoms with Gasteiger partial charge in [-0.05, 0) is 153 Å². The standard InChI is InChI=1S/C67H80BN3/c1-60(2,3)43-25-29-48(30-26-43)69-55-32-28-46(62(7,8)9)39-52(55)68-53-40-47(63(10,11)12)38-51-59(53)71(65(14)34-20-19-33-64(51,65)13)57-42-49(41-56(69)58(57)68)70-54-31-27-45(61(4,5)6)37-50(54)67(44-23-17-16-18-24-44)36-22-21-35-66(67,70)15/h16-18,23-32,37-42H,19-22,33-36H2,1-15H3. The number of fused-ring (bicyclic) bond motifs is 10. The summed E-state index contributed by atoms with van der Waals surface area (Å²) in [7, 11) is 0. The topological polar surface area (TPSA) is 9.72 Å². The monoisotopic (exact) mass is 938 g/mol. The van der Waals surface area contributed by atoms with E-state index in [4.69, 9.17) is 0 Å². The Balaban J connectivity index is 1.22. The van der Waals surface area contributed by atoms with Gasteiger partial charge in [-0.2, -0.15) is 0 Å². The van der Waals surface area contributed by atoms with Gasteiger partial charge in [-0.25, -0.2) is 0 Å². The minimum Gasteiger partial charge on any atom is -0.335 e. The average Bonchev–Trinajstić information content (AvgIpc) is 3.68. The van der Waals surface area contributed by atoms with Crippen LogP contribution in [0, 0.1) is 0 Å². The predicted octanol–water partition coefficient (Wildman–Crippen LogP) is 16.0. The van der Waals surface area contributed by atoms with E-state index < -0.39 is 0 Å². The lowest BCUT2D eigenvalue weighted by Gasteiger charge is -2.54. The summed E-state index contributed by atoms with van der Waals surface area (Å²) < 4.78 is 0. The molecule has 71 heavy (non-hydrogen) atoms. The molecule has 12 rings (SSSR count). The predicted molar refractivity (Wildman–Crippen MR) is 306 cm³/mol. The Labute approximate surface area is 428 Å². The summed E-state index contributed by atoms with van der Waals surface area (Å²) in [5.74, 6) is 0. The number of hydrogen-bond donors (Lipinski definition) is 0. The van der Waals surface area contributed by atoms with Crippen molar-refractivity contribution >= 4 is 62.9 Å². The van der Waals surface area contributed by atoms with Gasteiger partial charge in [0.25, 0.3) is 6.71 Å². The zero-order valence-electron chi connectivity index (χ0n) is 46.0. The molecule has 2 fully saturated rings. The third kappa shape index (κ3) is 6.33. The molecule has 0 aromatic heterocycles. The van der Waals surface area contributed by atoms with Gasteiger partial charge >= 0.3 is 0 Å². The first-order valence-electron chi connectivity index (χ1n) is 27.6. The van der Waals surface area contributed by atoms with Crippen LogP contribution in [0.2, 0.25) is 0 Å². The van der Waals surface area contributed by atoms with E-state index in [1.807, 2.05) is 0 Å². The van der Waals surface area contributed by atoms with Crippen molar-refractivity contribution in [3.63, 3.8) is 0 Å². The van der Waals surface area contributed by atoms with Crippen molar-refractivity contribution in [3.05, 3.63) is 154 Å². The minimum absolute atomic E-state index is 0.00434. The summed E-state index contributed by atoms with van der Waals surface area (Å²) in [4.78, 5) is 8.55. The lowest BCUT2D eigenvalue weighted by atomic mass is 9.33. The van der Waals surface area contributed by atoms with Gasteiger partial charge in [0.15, 0.2) is 0 Å². The van der Waals surface area contributed by atoms with Crippen molar-refractivity contribution < 1.29 is 0 Å². The normalized spacial score (nSPS) is 25.3. The molecular weight excluding hydrogens is 858 g/mol. The van der Waals surface area contributed by atoms with Crippen molar-refractivity contribution in [2.75, 3.05) is 14.7 Å². The lowest BCUT2D eigenvalue weighted by molar-refractivity contribution is 0.195. The fourth-order valence-electron chi connectivity index (χ4n) is 15.4. The van der Waals surface area contributed by atoms with Crippen LogP contribution in [-0.4, -0.2) is 17.8 Å². The maximum Gasteiger partial charge on any atom is 0.252 e. The van der Waals surface area contributed by atoms with Crippen LogP contribution in [0.4, 0.5) is 39.8 Å². The summed E-state index contributed by atoms with van der Waals surface area (Å²) in [6.07, 6.45) is 9.59.